The number of anilines is 1. The summed E-state index contributed by atoms with van der Waals surface area (Å²) in [5, 5.41) is 2.84. The zero-order valence-electron chi connectivity index (χ0n) is 10.8. The molecule has 1 atom stereocenters. The number of nitrogens with zero attached hydrogens (tertiary/aromatic N) is 1. The molecule has 1 saturated heterocycles. The fraction of sp³-hybridized carbons (Fsp3) is 0.462. The van der Waals surface area contributed by atoms with Crippen LogP contribution in [-0.2, 0) is 11.0 Å². The van der Waals surface area contributed by atoms with Gasteiger partial charge in [0.15, 0.2) is 0 Å². The van der Waals surface area contributed by atoms with Crippen LogP contribution in [0.25, 0.3) is 0 Å². The van der Waals surface area contributed by atoms with Crippen molar-refractivity contribution in [2.45, 2.75) is 25.1 Å². The van der Waals surface area contributed by atoms with Gasteiger partial charge in [-0.3, -0.25) is 4.79 Å². The summed E-state index contributed by atoms with van der Waals surface area (Å²) in [6.07, 6.45) is -3.18. The molecule has 0 bridgehead atoms. The lowest BCUT2D eigenvalue weighted by atomic mass is 10.0. The standard InChI is InChI=1S/C13H14BrF3N2O/c1-18-10-3-2-6-19(12(10)20)11-5-4-8(14)7-9(11)13(15,16)17/h4-5,7,10,18H,2-3,6H2,1H3. The molecule has 1 aromatic rings. The fourth-order valence-electron chi connectivity index (χ4n) is 2.35. The predicted molar refractivity (Wildman–Crippen MR) is 73.6 cm³/mol. The van der Waals surface area contributed by atoms with E-state index in [-0.39, 0.29) is 11.6 Å². The van der Waals surface area contributed by atoms with Crippen molar-refractivity contribution < 1.29 is 18.0 Å². The molecule has 0 aromatic heterocycles. The van der Waals surface area contributed by atoms with Gasteiger partial charge in [0.25, 0.3) is 0 Å². The molecule has 0 saturated carbocycles. The molecular formula is C13H14BrF3N2O. The Kier molecular flexibility index (Phi) is 4.39. The number of benzene rings is 1. The maximum Gasteiger partial charge on any atom is 0.418 e. The summed E-state index contributed by atoms with van der Waals surface area (Å²) in [5.41, 5.74) is -0.873. The zero-order valence-corrected chi connectivity index (χ0v) is 12.4. The van der Waals surface area contributed by atoms with Crippen LogP contribution in [0.5, 0.6) is 0 Å². The number of carbonyl (C=O) groups excluding carboxylic acids is 1. The summed E-state index contributed by atoms with van der Waals surface area (Å²) in [6, 6.07) is 3.43. The molecule has 0 spiro atoms. The van der Waals surface area contributed by atoms with Gasteiger partial charge < -0.3 is 10.2 Å². The molecule has 1 aliphatic rings. The molecule has 3 nitrogen and oxygen atoms in total. The van der Waals surface area contributed by atoms with Crippen molar-refractivity contribution in [3.05, 3.63) is 28.2 Å². The van der Waals surface area contributed by atoms with Crippen LogP contribution in [0.2, 0.25) is 0 Å². The number of hydrogen-bond donors (Lipinski definition) is 1. The maximum absolute atomic E-state index is 13.1. The number of halogens is 4. The summed E-state index contributed by atoms with van der Waals surface area (Å²) in [7, 11) is 1.64. The first-order valence-corrected chi connectivity index (χ1v) is 6.99. The summed E-state index contributed by atoms with van der Waals surface area (Å²) >= 11 is 3.04. The Morgan fingerprint density at radius 1 is 1.40 bits per heavy atom. The van der Waals surface area contributed by atoms with E-state index in [0.717, 1.165) is 6.07 Å². The Morgan fingerprint density at radius 2 is 2.10 bits per heavy atom. The van der Waals surface area contributed by atoms with Gasteiger partial charge >= 0.3 is 6.18 Å². The van der Waals surface area contributed by atoms with Gasteiger partial charge in [0.05, 0.1) is 17.3 Å². The molecule has 20 heavy (non-hydrogen) atoms. The maximum atomic E-state index is 13.1. The number of nitrogens with one attached hydrogen (secondary N) is 1. The second kappa shape index (κ2) is 5.73. The molecule has 1 amide bonds. The highest BCUT2D eigenvalue weighted by atomic mass is 79.9. The average molecular weight is 351 g/mol. The smallest absolute Gasteiger partial charge is 0.310 e. The highest BCUT2D eigenvalue weighted by molar-refractivity contribution is 9.10. The number of alkyl halides is 3. The summed E-state index contributed by atoms with van der Waals surface area (Å²) in [5.74, 6) is -0.313. The van der Waals surface area contributed by atoms with E-state index in [9.17, 15) is 18.0 Å². The minimum atomic E-state index is -4.49. The molecule has 1 aromatic carbocycles. The third kappa shape index (κ3) is 2.98. The third-order valence-electron chi connectivity index (χ3n) is 3.34. The van der Waals surface area contributed by atoms with Crippen LogP contribution in [0, 0.1) is 0 Å². The van der Waals surface area contributed by atoms with Crippen LogP contribution in [-0.4, -0.2) is 25.5 Å². The average Bonchev–Trinajstić information content (AvgIpc) is 2.38. The Hall–Kier alpha value is -1.08. The van der Waals surface area contributed by atoms with Crippen LogP contribution in [0.4, 0.5) is 18.9 Å². The van der Waals surface area contributed by atoms with Crippen LogP contribution in [0.1, 0.15) is 18.4 Å². The van der Waals surface area contributed by atoms with Crippen molar-refractivity contribution in [2.75, 3.05) is 18.5 Å². The van der Waals surface area contributed by atoms with Crippen molar-refractivity contribution in [3.63, 3.8) is 0 Å². The lowest BCUT2D eigenvalue weighted by Crippen LogP contribution is -2.50. The minimum Gasteiger partial charge on any atom is -0.310 e. The lowest BCUT2D eigenvalue weighted by Gasteiger charge is -2.33. The van der Waals surface area contributed by atoms with Gasteiger partial charge in [-0.25, -0.2) is 0 Å². The van der Waals surface area contributed by atoms with E-state index in [0.29, 0.717) is 23.9 Å². The quantitative estimate of drug-likeness (QED) is 0.888. The second-order valence-electron chi connectivity index (χ2n) is 4.63. The van der Waals surface area contributed by atoms with Gasteiger partial charge in [-0.1, -0.05) is 15.9 Å². The monoisotopic (exact) mass is 350 g/mol. The molecule has 1 unspecified atom stereocenters. The molecule has 1 fully saturated rings. The highest BCUT2D eigenvalue weighted by Crippen LogP contribution is 2.39. The number of amides is 1. The lowest BCUT2D eigenvalue weighted by molar-refractivity contribution is -0.137. The van der Waals surface area contributed by atoms with E-state index in [1.807, 2.05) is 0 Å². The van der Waals surface area contributed by atoms with Crippen LogP contribution >= 0.6 is 15.9 Å². The normalized spacial score (nSPS) is 20.4. The number of rotatable bonds is 2. The molecule has 0 aliphatic carbocycles. The molecule has 110 valence electrons. The molecule has 1 N–H and O–H groups in total. The van der Waals surface area contributed by atoms with Gasteiger partial charge in [0.1, 0.15) is 0 Å². The van der Waals surface area contributed by atoms with E-state index in [1.165, 1.54) is 17.0 Å². The van der Waals surface area contributed by atoms with Crippen LogP contribution in [0.15, 0.2) is 22.7 Å². The SMILES string of the molecule is CNC1CCCN(c2ccc(Br)cc2C(F)(F)F)C1=O. The fourth-order valence-corrected chi connectivity index (χ4v) is 2.71. The number of hydrogen-bond acceptors (Lipinski definition) is 2. The van der Waals surface area contributed by atoms with E-state index >= 15 is 0 Å². The Bertz CT molecular complexity index is 519. The molecule has 0 radical (unpaired) electrons. The molecular weight excluding hydrogens is 337 g/mol. The first-order chi connectivity index (χ1) is 9.34. The number of likely N-dealkylation sites (N-methyl/N-ethyl adjacent to an activating group) is 1. The first kappa shape index (κ1) is 15.3. The topological polar surface area (TPSA) is 32.3 Å². The Morgan fingerprint density at radius 3 is 2.70 bits per heavy atom. The van der Waals surface area contributed by atoms with Crippen molar-refractivity contribution in [2.24, 2.45) is 0 Å². The van der Waals surface area contributed by atoms with E-state index in [4.69, 9.17) is 0 Å². The first-order valence-electron chi connectivity index (χ1n) is 6.20. The van der Waals surface area contributed by atoms with Gasteiger partial charge in [-0.15, -0.1) is 0 Å². The molecule has 7 heteroatoms. The van der Waals surface area contributed by atoms with Crippen molar-refractivity contribution in [1.29, 1.82) is 0 Å². The summed E-state index contributed by atoms with van der Waals surface area (Å²) in [4.78, 5) is 13.4. The van der Waals surface area contributed by atoms with Gasteiger partial charge in [-0.2, -0.15) is 13.2 Å². The largest absolute Gasteiger partial charge is 0.418 e. The second-order valence-corrected chi connectivity index (χ2v) is 5.55. The summed E-state index contributed by atoms with van der Waals surface area (Å²) < 4.78 is 39.7. The van der Waals surface area contributed by atoms with Gasteiger partial charge in [-0.05, 0) is 38.1 Å². The Balaban J connectivity index is 2.44. The highest BCUT2D eigenvalue weighted by Gasteiger charge is 2.38. The van der Waals surface area contributed by atoms with Crippen LogP contribution in [0.3, 0.4) is 0 Å². The van der Waals surface area contributed by atoms with Crippen molar-refractivity contribution >= 4 is 27.5 Å². The summed E-state index contributed by atoms with van der Waals surface area (Å²) in [6.45, 7) is 0.307. The molecule has 2 rings (SSSR count). The van der Waals surface area contributed by atoms with Gasteiger partial charge in [0.2, 0.25) is 5.91 Å². The van der Waals surface area contributed by atoms with Crippen molar-refractivity contribution in [1.82, 2.24) is 5.32 Å². The predicted octanol–water partition coefficient (Wildman–Crippen LogP) is 3.18. The van der Waals surface area contributed by atoms with E-state index < -0.39 is 17.8 Å². The van der Waals surface area contributed by atoms with Crippen LogP contribution < -0.4 is 10.2 Å². The Labute approximate surface area is 123 Å². The molecule has 1 heterocycles. The third-order valence-corrected chi connectivity index (χ3v) is 3.84. The number of piperidine rings is 1. The molecule has 1 aliphatic heterocycles. The number of carbonyl (C=O) groups is 1. The van der Waals surface area contributed by atoms with E-state index in [2.05, 4.69) is 21.2 Å². The minimum absolute atomic E-state index is 0.0781. The van der Waals surface area contributed by atoms with E-state index in [1.54, 1.807) is 7.05 Å². The van der Waals surface area contributed by atoms with Crippen molar-refractivity contribution in [3.8, 4) is 0 Å². The zero-order chi connectivity index (χ0) is 14.9. The van der Waals surface area contributed by atoms with Gasteiger partial charge in [0, 0.05) is 11.0 Å².